The fourth-order valence-corrected chi connectivity index (χ4v) is 2.97. The van der Waals surface area contributed by atoms with E-state index in [0.717, 1.165) is 0 Å². The number of carbonyl (C=O) groups is 2. The number of rotatable bonds is 7. The maximum absolute atomic E-state index is 12.8. The first-order chi connectivity index (χ1) is 11.3. The molecular weight excluding hydrogens is 342 g/mol. The standard InChI is InChI=1S/C14H16F2N4O3S/c1-7-9(8(2)20(19-7)14(15)16)5-11(21)17-4-3-12-18-10(6-24-12)13(22)23/h6,14H,3-5H2,1-2H3,(H,17,21)(H,22,23). The van der Waals surface area contributed by atoms with E-state index in [0.29, 0.717) is 27.4 Å². The Morgan fingerprint density at radius 2 is 2.12 bits per heavy atom. The topological polar surface area (TPSA) is 97.1 Å². The first kappa shape index (κ1) is 18.0. The minimum absolute atomic E-state index is 0.0213. The molecule has 0 aliphatic carbocycles. The Morgan fingerprint density at radius 3 is 2.67 bits per heavy atom. The van der Waals surface area contributed by atoms with Crippen LogP contribution in [0.1, 0.15) is 39.0 Å². The van der Waals surface area contributed by atoms with E-state index in [1.807, 2.05) is 0 Å². The molecule has 0 atom stereocenters. The number of carboxylic acid groups (broad SMARTS) is 1. The normalized spacial score (nSPS) is 11.0. The summed E-state index contributed by atoms with van der Waals surface area (Å²) in [5, 5.41) is 17.2. The lowest BCUT2D eigenvalue weighted by atomic mass is 10.1. The summed E-state index contributed by atoms with van der Waals surface area (Å²) >= 11 is 1.21. The Hall–Kier alpha value is -2.36. The molecule has 2 aromatic heterocycles. The van der Waals surface area contributed by atoms with Crippen molar-refractivity contribution in [2.75, 3.05) is 6.54 Å². The van der Waals surface area contributed by atoms with Crippen LogP contribution in [0.25, 0.3) is 0 Å². The zero-order valence-electron chi connectivity index (χ0n) is 13.0. The molecule has 0 aliphatic heterocycles. The summed E-state index contributed by atoms with van der Waals surface area (Å²) in [5.41, 5.74) is 1.12. The maximum atomic E-state index is 12.8. The number of halogens is 2. The van der Waals surface area contributed by atoms with E-state index < -0.39 is 12.5 Å². The number of amides is 1. The first-order valence-corrected chi connectivity index (χ1v) is 7.94. The van der Waals surface area contributed by atoms with Gasteiger partial charge in [0.05, 0.1) is 17.1 Å². The zero-order valence-corrected chi connectivity index (χ0v) is 13.9. The van der Waals surface area contributed by atoms with E-state index in [2.05, 4.69) is 15.4 Å². The molecular formula is C14H16F2N4O3S. The van der Waals surface area contributed by atoms with Gasteiger partial charge in [0, 0.05) is 29.6 Å². The number of thiazole rings is 1. The molecule has 2 rings (SSSR count). The van der Waals surface area contributed by atoms with Crippen LogP contribution in [-0.2, 0) is 17.6 Å². The largest absolute Gasteiger partial charge is 0.476 e. The number of hydrogen-bond donors (Lipinski definition) is 2. The summed E-state index contributed by atoms with van der Waals surface area (Å²) in [6.07, 6.45) is 0.362. The number of nitrogens with one attached hydrogen (secondary N) is 1. The van der Waals surface area contributed by atoms with Gasteiger partial charge in [-0.3, -0.25) is 4.79 Å². The van der Waals surface area contributed by atoms with E-state index in [4.69, 9.17) is 5.11 Å². The molecule has 2 N–H and O–H groups in total. The van der Waals surface area contributed by atoms with Crippen LogP contribution >= 0.6 is 11.3 Å². The lowest BCUT2D eigenvalue weighted by Crippen LogP contribution is -2.27. The van der Waals surface area contributed by atoms with Crippen molar-refractivity contribution in [3.05, 3.63) is 33.0 Å². The summed E-state index contributed by atoms with van der Waals surface area (Å²) in [6.45, 7) is 0.621. The first-order valence-electron chi connectivity index (χ1n) is 7.06. The predicted molar refractivity (Wildman–Crippen MR) is 82.4 cm³/mol. The number of aromatic nitrogens is 3. The van der Waals surface area contributed by atoms with Crippen LogP contribution in [0.3, 0.4) is 0 Å². The highest BCUT2D eigenvalue weighted by molar-refractivity contribution is 7.09. The van der Waals surface area contributed by atoms with Gasteiger partial charge in [0.2, 0.25) is 5.91 Å². The van der Waals surface area contributed by atoms with Crippen molar-refractivity contribution in [2.45, 2.75) is 33.2 Å². The van der Waals surface area contributed by atoms with Gasteiger partial charge in [0.25, 0.3) is 0 Å². The third-order valence-electron chi connectivity index (χ3n) is 3.43. The Kier molecular flexibility index (Phi) is 5.60. The predicted octanol–water partition coefficient (Wildman–Crippen LogP) is 1.95. The van der Waals surface area contributed by atoms with E-state index in [-0.39, 0.29) is 30.3 Å². The second-order valence-corrected chi connectivity index (χ2v) is 6.02. The van der Waals surface area contributed by atoms with Gasteiger partial charge < -0.3 is 10.4 Å². The fraction of sp³-hybridized carbons (Fsp3) is 0.429. The zero-order chi connectivity index (χ0) is 17.9. The van der Waals surface area contributed by atoms with Crippen molar-refractivity contribution in [2.24, 2.45) is 0 Å². The van der Waals surface area contributed by atoms with Crippen LogP contribution in [0.5, 0.6) is 0 Å². The third kappa shape index (κ3) is 4.13. The molecule has 2 aromatic rings. The van der Waals surface area contributed by atoms with Crippen LogP contribution in [0.15, 0.2) is 5.38 Å². The SMILES string of the molecule is Cc1nn(C(F)F)c(C)c1CC(=O)NCCc1nc(C(=O)O)cs1. The molecule has 1 amide bonds. The minimum atomic E-state index is -2.74. The average Bonchev–Trinajstić information content (AvgIpc) is 3.07. The van der Waals surface area contributed by atoms with E-state index >= 15 is 0 Å². The summed E-state index contributed by atoms with van der Waals surface area (Å²) in [6, 6.07) is 0. The molecule has 2 heterocycles. The summed E-state index contributed by atoms with van der Waals surface area (Å²) in [5.74, 6) is -1.41. The smallest absolute Gasteiger partial charge is 0.355 e. The highest BCUT2D eigenvalue weighted by Crippen LogP contribution is 2.19. The molecule has 0 fully saturated rings. The average molecular weight is 358 g/mol. The van der Waals surface area contributed by atoms with Crippen molar-refractivity contribution in [3.8, 4) is 0 Å². The monoisotopic (exact) mass is 358 g/mol. The molecule has 0 bridgehead atoms. The number of carboxylic acids is 1. The van der Waals surface area contributed by atoms with Gasteiger partial charge in [0.15, 0.2) is 5.69 Å². The lowest BCUT2D eigenvalue weighted by molar-refractivity contribution is -0.120. The number of nitrogens with zero attached hydrogens (tertiary/aromatic N) is 3. The van der Waals surface area contributed by atoms with Gasteiger partial charge in [-0.1, -0.05) is 0 Å². The van der Waals surface area contributed by atoms with Crippen molar-refractivity contribution in [1.82, 2.24) is 20.1 Å². The number of carbonyl (C=O) groups excluding carboxylic acids is 1. The summed E-state index contributed by atoms with van der Waals surface area (Å²) < 4.78 is 26.1. The van der Waals surface area contributed by atoms with E-state index in [9.17, 15) is 18.4 Å². The number of aryl methyl sites for hydroxylation is 1. The molecule has 10 heteroatoms. The lowest BCUT2D eigenvalue weighted by Gasteiger charge is -2.05. The Balaban J connectivity index is 1.88. The Labute approximate surface area is 140 Å². The molecule has 24 heavy (non-hydrogen) atoms. The highest BCUT2D eigenvalue weighted by Gasteiger charge is 2.19. The second-order valence-electron chi connectivity index (χ2n) is 5.08. The van der Waals surface area contributed by atoms with Gasteiger partial charge in [-0.25, -0.2) is 14.5 Å². The Morgan fingerprint density at radius 1 is 1.42 bits per heavy atom. The van der Waals surface area contributed by atoms with Gasteiger partial charge in [0.1, 0.15) is 0 Å². The number of aromatic carboxylic acids is 1. The molecule has 0 aliphatic rings. The quantitative estimate of drug-likeness (QED) is 0.788. The molecule has 130 valence electrons. The van der Waals surface area contributed by atoms with Crippen molar-refractivity contribution in [1.29, 1.82) is 0 Å². The molecule has 0 saturated carbocycles. The van der Waals surface area contributed by atoms with Crippen LogP contribution in [0.4, 0.5) is 8.78 Å². The second kappa shape index (κ2) is 7.47. The molecule has 0 saturated heterocycles. The van der Waals surface area contributed by atoms with Crippen molar-refractivity contribution in [3.63, 3.8) is 0 Å². The maximum Gasteiger partial charge on any atom is 0.355 e. The van der Waals surface area contributed by atoms with Crippen molar-refractivity contribution >= 4 is 23.2 Å². The molecule has 0 aromatic carbocycles. The molecule has 0 radical (unpaired) electrons. The minimum Gasteiger partial charge on any atom is -0.476 e. The number of alkyl halides is 2. The third-order valence-corrected chi connectivity index (χ3v) is 4.34. The number of hydrogen-bond acceptors (Lipinski definition) is 5. The van der Waals surface area contributed by atoms with Gasteiger partial charge >= 0.3 is 12.5 Å². The fourth-order valence-electron chi connectivity index (χ4n) is 2.20. The van der Waals surface area contributed by atoms with Gasteiger partial charge in [-0.05, 0) is 13.8 Å². The van der Waals surface area contributed by atoms with E-state index in [1.54, 1.807) is 6.92 Å². The molecule has 0 spiro atoms. The van der Waals surface area contributed by atoms with Crippen LogP contribution < -0.4 is 5.32 Å². The Bertz CT molecular complexity index is 757. The summed E-state index contributed by atoms with van der Waals surface area (Å²) in [4.78, 5) is 26.6. The van der Waals surface area contributed by atoms with Gasteiger partial charge in [-0.2, -0.15) is 13.9 Å². The molecule has 0 unspecified atom stereocenters. The van der Waals surface area contributed by atoms with Crippen LogP contribution in [0.2, 0.25) is 0 Å². The van der Waals surface area contributed by atoms with Crippen LogP contribution in [0, 0.1) is 13.8 Å². The van der Waals surface area contributed by atoms with E-state index in [1.165, 1.54) is 23.6 Å². The summed E-state index contributed by atoms with van der Waals surface area (Å²) in [7, 11) is 0. The van der Waals surface area contributed by atoms with Crippen LogP contribution in [-0.4, -0.2) is 38.3 Å². The van der Waals surface area contributed by atoms with Crippen molar-refractivity contribution < 1.29 is 23.5 Å². The highest BCUT2D eigenvalue weighted by atomic mass is 32.1. The molecule has 7 nitrogen and oxygen atoms in total. The van der Waals surface area contributed by atoms with Gasteiger partial charge in [-0.15, -0.1) is 11.3 Å².